The van der Waals surface area contributed by atoms with E-state index in [9.17, 15) is 15.5 Å². The van der Waals surface area contributed by atoms with Crippen molar-refractivity contribution in [1.29, 1.82) is 5.26 Å². The maximum Gasteiger partial charge on any atom is 0.184 e. The van der Waals surface area contributed by atoms with Gasteiger partial charge in [0.05, 0.1) is 6.10 Å². The average Bonchev–Trinajstić information content (AvgIpc) is 3.54. The van der Waals surface area contributed by atoms with E-state index in [1.807, 2.05) is 29.2 Å². The van der Waals surface area contributed by atoms with E-state index in [0.717, 1.165) is 49.6 Å². The molecule has 2 aromatic carbocycles. The molecule has 3 N–H and O–H groups in total. The number of hydrogen-bond acceptors (Lipinski definition) is 8. The van der Waals surface area contributed by atoms with E-state index < -0.39 is 6.23 Å². The summed E-state index contributed by atoms with van der Waals surface area (Å²) in [5, 5.41) is 34.5. The Bertz CT molecular complexity index is 1410. The molecule has 1 saturated heterocycles. The van der Waals surface area contributed by atoms with Crippen molar-refractivity contribution in [3.63, 3.8) is 0 Å². The van der Waals surface area contributed by atoms with Gasteiger partial charge in [-0.25, -0.2) is 4.98 Å². The van der Waals surface area contributed by atoms with Crippen molar-refractivity contribution in [3.8, 4) is 17.3 Å². The third-order valence-electron chi connectivity index (χ3n) is 8.09. The number of aliphatic hydroxyl groups is 2. The SMILES string of the molecule is N#Cc1sc(NCC2CCc3ccc(C4=CCN(CC(O)N5CC(O)C5)CC4)cc32)nc1-c1ccc(Cl)cc1. The third kappa shape index (κ3) is 5.75. The zero-order valence-corrected chi connectivity index (χ0v) is 23.3. The van der Waals surface area contributed by atoms with Crippen LogP contribution < -0.4 is 5.32 Å². The van der Waals surface area contributed by atoms with Gasteiger partial charge in [-0.15, -0.1) is 0 Å². The van der Waals surface area contributed by atoms with Gasteiger partial charge in [0.2, 0.25) is 0 Å². The number of nitriles is 1. The first-order chi connectivity index (χ1) is 19.0. The van der Waals surface area contributed by atoms with Crippen LogP contribution in [0.1, 0.15) is 40.3 Å². The zero-order chi connectivity index (χ0) is 26.9. The van der Waals surface area contributed by atoms with Crippen molar-refractivity contribution in [2.75, 3.05) is 44.6 Å². The molecule has 2 aliphatic heterocycles. The number of aromatic nitrogens is 1. The first kappa shape index (κ1) is 26.5. The maximum absolute atomic E-state index is 10.4. The molecule has 7 nitrogen and oxygen atoms in total. The van der Waals surface area contributed by atoms with Crippen LogP contribution in [0.15, 0.2) is 48.5 Å². The van der Waals surface area contributed by atoms with Crippen molar-refractivity contribution < 1.29 is 10.2 Å². The lowest BCUT2D eigenvalue weighted by atomic mass is 9.93. The fourth-order valence-electron chi connectivity index (χ4n) is 5.80. The normalized spacial score (nSPS) is 20.7. The highest BCUT2D eigenvalue weighted by Crippen LogP contribution is 2.37. The summed E-state index contributed by atoms with van der Waals surface area (Å²) >= 11 is 7.43. The third-order valence-corrected chi connectivity index (χ3v) is 9.26. The highest BCUT2D eigenvalue weighted by atomic mass is 35.5. The molecular formula is C30H32ClN5O2S. The number of hydrogen-bond donors (Lipinski definition) is 3. The number of benzene rings is 2. The van der Waals surface area contributed by atoms with Crippen LogP contribution in [0.2, 0.25) is 5.02 Å². The van der Waals surface area contributed by atoms with Crippen molar-refractivity contribution in [2.45, 2.75) is 37.5 Å². The Balaban J connectivity index is 1.09. The van der Waals surface area contributed by atoms with Crippen molar-refractivity contribution in [3.05, 3.63) is 75.1 Å². The van der Waals surface area contributed by atoms with Crippen LogP contribution in [-0.4, -0.2) is 76.6 Å². The van der Waals surface area contributed by atoms with Gasteiger partial charge >= 0.3 is 0 Å². The minimum Gasteiger partial charge on any atom is -0.390 e. The van der Waals surface area contributed by atoms with Gasteiger partial charge in [0.15, 0.2) is 5.13 Å². The predicted octanol–water partition coefficient (Wildman–Crippen LogP) is 4.56. The fraction of sp³-hybridized carbons (Fsp3) is 0.400. The molecule has 2 atom stereocenters. The maximum atomic E-state index is 10.4. The summed E-state index contributed by atoms with van der Waals surface area (Å²) in [6.07, 6.45) is 4.62. The summed E-state index contributed by atoms with van der Waals surface area (Å²) in [5.74, 6) is 0.399. The van der Waals surface area contributed by atoms with Gasteiger partial charge in [0.25, 0.3) is 0 Å². The van der Waals surface area contributed by atoms with Crippen LogP contribution in [0.5, 0.6) is 0 Å². The number of aliphatic hydroxyl groups excluding tert-OH is 2. The first-order valence-corrected chi connectivity index (χ1v) is 14.7. The van der Waals surface area contributed by atoms with Gasteiger partial charge in [-0.05, 0) is 53.7 Å². The smallest absolute Gasteiger partial charge is 0.184 e. The van der Waals surface area contributed by atoms with E-state index in [-0.39, 0.29) is 6.10 Å². The molecule has 3 aliphatic rings. The lowest BCUT2D eigenvalue weighted by Gasteiger charge is -2.41. The molecule has 39 heavy (non-hydrogen) atoms. The quantitative estimate of drug-likeness (QED) is 0.371. The number of thiazole rings is 1. The van der Waals surface area contributed by atoms with E-state index >= 15 is 0 Å². The second-order valence-corrected chi connectivity index (χ2v) is 12.1. The standard InChI is InChI=1S/C30H32ClN5O2S/c31-24-7-5-21(6-8-24)29-27(14-32)39-30(34-29)33-15-23-4-2-20-1-3-22(13-26(20)23)19-9-11-35(12-10-19)18-28(38)36-16-25(37)17-36/h1,3,5-9,13,23,25,28,37-38H,2,4,10-12,15-18H2,(H,33,34). The van der Waals surface area contributed by atoms with Crippen LogP contribution in [-0.2, 0) is 6.42 Å². The van der Waals surface area contributed by atoms with Crippen molar-refractivity contribution in [2.24, 2.45) is 0 Å². The predicted molar refractivity (Wildman–Crippen MR) is 156 cm³/mol. The summed E-state index contributed by atoms with van der Waals surface area (Å²) in [4.78, 5) is 9.53. The molecule has 1 aromatic heterocycles. The Morgan fingerprint density at radius 3 is 2.67 bits per heavy atom. The summed E-state index contributed by atoms with van der Waals surface area (Å²) in [5.41, 5.74) is 7.08. The van der Waals surface area contributed by atoms with E-state index in [1.54, 1.807) is 0 Å². The minimum atomic E-state index is -0.513. The lowest BCUT2D eigenvalue weighted by Crippen LogP contribution is -2.58. The van der Waals surface area contributed by atoms with Gasteiger partial charge in [-0.2, -0.15) is 5.26 Å². The number of halogens is 1. The van der Waals surface area contributed by atoms with Gasteiger partial charge < -0.3 is 15.5 Å². The monoisotopic (exact) mass is 561 g/mol. The number of aryl methyl sites for hydroxylation is 1. The largest absolute Gasteiger partial charge is 0.390 e. The number of nitrogens with zero attached hydrogens (tertiary/aromatic N) is 4. The Labute approximate surface area is 238 Å². The summed E-state index contributed by atoms with van der Waals surface area (Å²) in [6, 6.07) is 16.6. The molecule has 0 saturated carbocycles. The Hall–Kier alpha value is -2.77. The van der Waals surface area contributed by atoms with E-state index in [2.05, 4.69) is 40.6 Å². The molecule has 2 unspecified atom stereocenters. The van der Waals surface area contributed by atoms with Gasteiger partial charge in [0, 0.05) is 55.8 Å². The second-order valence-electron chi connectivity index (χ2n) is 10.7. The van der Waals surface area contributed by atoms with Crippen LogP contribution >= 0.6 is 22.9 Å². The van der Waals surface area contributed by atoms with E-state index in [4.69, 9.17) is 16.6 Å². The van der Waals surface area contributed by atoms with Crippen LogP contribution in [0.25, 0.3) is 16.8 Å². The summed E-state index contributed by atoms with van der Waals surface area (Å²) in [6.45, 7) is 4.26. The van der Waals surface area contributed by atoms with Crippen LogP contribution in [0, 0.1) is 11.3 Å². The molecule has 0 radical (unpaired) electrons. The van der Waals surface area contributed by atoms with Crippen molar-refractivity contribution in [1.82, 2.24) is 14.8 Å². The van der Waals surface area contributed by atoms with Crippen LogP contribution in [0.3, 0.4) is 0 Å². The molecule has 1 aliphatic carbocycles. The fourth-order valence-corrected chi connectivity index (χ4v) is 6.72. The number of rotatable bonds is 8. The highest BCUT2D eigenvalue weighted by molar-refractivity contribution is 7.16. The Morgan fingerprint density at radius 1 is 1.15 bits per heavy atom. The molecular weight excluding hydrogens is 530 g/mol. The molecule has 0 bridgehead atoms. The molecule has 9 heteroatoms. The molecule has 6 rings (SSSR count). The highest BCUT2D eigenvalue weighted by Gasteiger charge is 2.31. The first-order valence-electron chi connectivity index (χ1n) is 13.5. The van der Waals surface area contributed by atoms with Gasteiger partial charge in [-0.3, -0.25) is 9.80 Å². The zero-order valence-electron chi connectivity index (χ0n) is 21.7. The number of fused-ring (bicyclic) bond motifs is 1. The molecule has 1 fully saturated rings. The number of β-amino-alcohol motifs (C(OH)–C–C–N with tert-alkyl or cyclic N) is 2. The Morgan fingerprint density at radius 2 is 1.95 bits per heavy atom. The number of nitrogens with one attached hydrogen (secondary N) is 1. The van der Waals surface area contributed by atoms with Crippen LogP contribution in [0.4, 0.5) is 5.13 Å². The van der Waals surface area contributed by atoms with Crippen molar-refractivity contribution >= 4 is 33.6 Å². The van der Waals surface area contributed by atoms with Gasteiger partial charge in [-0.1, -0.05) is 59.3 Å². The molecule has 0 spiro atoms. The number of likely N-dealkylation sites (tertiary alicyclic amines) is 1. The number of anilines is 1. The van der Waals surface area contributed by atoms with Gasteiger partial charge in [0.1, 0.15) is 22.9 Å². The summed E-state index contributed by atoms with van der Waals surface area (Å²) in [7, 11) is 0. The Kier molecular flexibility index (Phi) is 7.72. The van der Waals surface area contributed by atoms with E-state index in [1.165, 1.54) is 33.6 Å². The summed E-state index contributed by atoms with van der Waals surface area (Å²) < 4.78 is 0. The molecule has 0 amide bonds. The average molecular weight is 562 g/mol. The molecule has 202 valence electrons. The second kappa shape index (κ2) is 11.4. The minimum absolute atomic E-state index is 0.297. The lowest BCUT2D eigenvalue weighted by molar-refractivity contribution is -0.108. The van der Waals surface area contributed by atoms with E-state index in [0.29, 0.717) is 41.1 Å². The molecule has 3 heterocycles. The molecule has 3 aromatic rings. The topological polar surface area (TPSA) is 95.7 Å².